The van der Waals surface area contributed by atoms with Crippen molar-refractivity contribution in [1.29, 1.82) is 0 Å². The molecule has 1 aliphatic heterocycles. The van der Waals surface area contributed by atoms with Crippen LogP contribution in [-0.4, -0.2) is 83.8 Å². The summed E-state index contributed by atoms with van der Waals surface area (Å²) in [5.74, 6) is -1.42. The van der Waals surface area contributed by atoms with Crippen molar-refractivity contribution in [3.8, 4) is 0 Å². The van der Waals surface area contributed by atoms with Gasteiger partial charge in [-0.05, 0) is 20.5 Å². The number of rotatable bonds is 6. The molecule has 1 fully saturated rings. The lowest BCUT2D eigenvalue weighted by Crippen LogP contribution is -2.50. The lowest BCUT2D eigenvalue weighted by atomic mass is 10.2. The van der Waals surface area contributed by atoms with Crippen LogP contribution < -0.4 is 5.32 Å². The summed E-state index contributed by atoms with van der Waals surface area (Å²) in [5, 5.41) is 21.2. The lowest BCUT2D eigenvalue weighted by Gasteiger charge is -2.29. The van der Waals surface area contributed by atoms with Crippen LogP contribution in [0.3, 0.4) is 0 Å². The molecule has 0 radical (unpaired) electrons. The number of aliphatic hydroxyl groups is 1. The van der Waals surface area contributed by atoms with E-state index in [2.05, 4.69) is 5.32 Å². The van der Waals surface area contributed by atoms with Crippen LogP contribution in [0.25, 0.3) is 0 Å². The van der Waals surface area contributed by atoms with Gasteiger partial charge in [0.25, 0.3) is 0 Å². The molecule has 1 heterocycles. The highest BCUT2D eigenvalue weighted by Gasteiger charge is 2.34. The summed E-state index contributed by atoms with van der Waals surface area (Å²) in [6.07, 6.45) is 0.196. The van der Waals surface area contributed by atoms with E-state index in [0.29, 0.717) is 13.0 Å². The van der Waals surface area contributed by atoms with Crippen LogP contribution in [0.5, 0.6) is 0 Å². The van der Waals surface area contributed by atoms with E-state index in [9.17, 15) is 14.7 Å². The largest absolute Gasteiger partial charge is 0.480 e. The average Bonchev–Trinajstić information content (AvgIpc) is 2.56. The second-order valence-corrected chi connectivity index (χ2v) is 5.35. The number of aliphatic carboxylic acids is 1. The Balaban J connectivity index is 2.64. The minimum absolute atomic E-state index is 0.112. The maximum Gasteiger partial charge on any atom is 0.327 e. The number of carbonyl (C=O) groups is 2. The summed E-state index contributed by atoms with van der Waals surface area (Å²) in [4.78, 5) is 26.1. The Morgan fingerprint density at radius 3 is 2.58 bits per heavy atom. The van der Waals surface area contributed by atoms with Gasteiger partial charge in [-0.2, -0.15) is 0 Å². The number of nitrogens with one attached hydrogen (secondary N) is 1. The first-order valence-electron chi connectivity index (χ1n) is 6.36. The van der Waals surface area contributed by atoms with Gasteiger partial charge in [0.1, 0.15) is 6.04 Å². The summed E-state index contributed by atoms with van der Waals surface area (Å²) in [6, 6.07) is -0.826. The summed E-state index contributed by atoms with van der Waals surface area (Å²) in [5.41, 5.74) is 0. The van der Waals surface area contributed by atoms with Crippen molar-refractivity contribution in [3.63, 3.8) is 0 Å². The second-order valence-electron chi connectivity index (χ2n) is 5.35. The van der Waals surface area contributed by atoms with Gasteiger partial charge < -0.3 is 20.4 Å². The molecule has 1 rings (SSSR count). The summed E-state index contributed by atoms with van der Waals surface area (Å²) in [7, 11) is 3.87. The quantitative estimate of drug-likeness (QED) is 0.549. The Morgan fingerprint density at radius 1 is 1.47 bits per heavy atom. The maximum atomic E-state index is 11.1. The minimum Gasteiger partial charge on any atom is -0.480 e. The highest BCUT2D eigenvalue weighted by molar-refractivity contribution is 5.82. The van der Waals surface area contributed by atoms with Crippen LogP contribution in [0.4, 0.5) is 0 Å². The molecule has 0 bridgehead atoms. The number of carboxylic acid groups (broad SMARTS) is 1. The third kappa shape index (κ3) is 5.14. The van der Waals surface area contributed by atoms with Crippen molar-refractivity contribution in [2.45, 2.75) is 31.5 Å². The molecule has 7 nitrogen and oxygen atoms in total. The molecule has 1 aliphatic rings. The van der Waals surface area contributed by atoms with Crippen molar-refractivity contribution in [3.05, 3.63) is 0 Å². The molecular formula is C12H23N3O4. The van der Waals surface area contributed by atoms with Crippen molar-refractivity contribution < 1.29 is 19.8 Å². The Labute approximate surface area is 113 Å². The summed E-state index contributed by atoms with van der Waals surface area (Å²) in [6.45, 7) is 2.71. The van der Waals surface area contributed by atoms with Crippen molar-refractivity contribution in [2.24, 2.45) is 0 Å². The zero-order chi connectivity index (χ0) is 14.6. The van der Waals surface area contributed by atoms with Crippen LogP contribution in [-0.2, 0) is 9.59 Å². The number of hydrogen-bond acceptors (Lipinski definition) is 5. The molecule has 0 aliphatic carbocycles. The van der Waals surface area contributed by atoms with E-state index in [1.165, 1.54) is 6.92 Å². The van der Waals surface area contributed by atoms with Gasteiger partial charge in [0, 0.05) is 32.6 Å². The van der Waals surface area contributed by atoms with Gasteiger partial charge in [0.2, 0.25) is 5.91 Å². The molecule has 19 heavy (non-hydrogen) atoms. The number of hydrogen-bond donors (Lipinski definition) is 3. The van der Waals surface area contributed by atoms with Gasteiger partial charge in [-0.3, -0.25) is 9.69 Å². The van der Waals surface area contributed by atoms with Gasteiger partial charge in [0.15, 0.2) is 0 Å². The lowest BCUT2D eigenvalue weighted by molar-refractivity contribution is -0.142. The molecule has 110 valence electrons. The fourth-order valence-corrected chi connectivity index (χ4v) is 2.46. The number of carboxylic acids is 1. The number of β-amino-alcohol motifs (C(OH)–C–C–N with tert-alkyl or cyclic N) is 1. The number of aliphatic hydroxyl groups excluding tert-OH is 1. The van der Waals surface area contributed by atoms with Gasteiger partial charge in [-0.25, -0.2) is 4.79 Å². The van der Waals surface area contributed by atoms with Crippen molar-refractivity contribution in [1.82, 2.24) is 15.1 Å². The molecule has 3 atom stereocenters. The standard InChI is InChI=1S/C12H23N3O4/c1-8(16)13-11(12(18)19)7-15-6-10(17)4-9(15)5-14(2)3/h9-11,17H,4-7H2,1-3H3,(H,13,16)(H,18,19). The third-order valence-corrected chi connectivity index (χ3v) is 3.17. The topological polar surface area (TPSA) is 93.1 Å². The zero-order valence-electron chi connectivity index (χ0n) is 11.7. The van der Waals surface area contributed by atoms with E-state index in [4.69, 9.17) is 5.11 Å². The Morgan fingerprint density at radius 2 is 2.11 bits per heavy atom. The Kier molecular flexibility index (Phi) is 5.71. The van der Waals surface area contributed by atoms with Crippen LogP contribution >= 0.6 is 0 Å². The molecule has 3 N–H and O–H groups in total. The van der Waals surface area contributed by atoms with Crippen LogP contribution in [0, 0.1) is 0 Å². The number of likely N-dealkylation sites (N-methyl/N-ethyl adjacent to an activating group) is 1. The fourth-order valence-electron chi connectivity index (χ4n) is 2.46. The highest BCUT2D eigenvalue weighted by Crippen LogP contribution is 2.18. The number of nitrogens with zero attached hydrogens (tertiary/aromatic N) is 2. The predicted molar refractivity (Wildman–Crippen MR) is 69.8 cm³/mol. The van der Waals surface area contributed by atoms with E-state index in [1.54, 1.807) is 0 Å². The van der Waals surface area contributed by atoms with Gasteiger partial charge in [-0.1, -0.05) is 0 Å². The van der Waals surface area contributed by atoms with E-state index in [1.807, 2.05) is 23.9 Å². The molecule has 3 unspecified atom stereocenters. The van der Waals surface area contributed by atoms with Crippen molar-refractivity contribution in [2.75, 3.05) is 33.7 Å². The number of amides is 1. The van der Waals surface area contributed by atoms with Gasteiger partial charge in [0.05, 0.1) is 6.10 Å². The molecule has 0 aromatic carbocycles. The molecule has 0 spiro atoms. The van der Waals surface area contributed by atoms with Crippen LogP contribution in [0.15, 0.2) is 0 Å². The number of likely N-dealkylation sites (tertiary alicyclic amines) is 1. The summed E-state index contributed by atoms with van der Waals surface area (Å²) < 4.78 is 0. The first kappa shape index (κ1) is 15.9. The van der Waals surface area contributed by atoms with Gasteiger partial charge in [-0.15, -0.1) is 0 Å². The van der Waals surface area contributed by atoms with E-state index >= 15 is 0 Å². The molecule has 7 heteroatoms. The minimum atomic E-state index is -1.06. The SMILES string of the molecule is CC(=O)NC(CN1CC(O)CC1CN(C)C)C(=O)O. The van der Waals surface area contributed by atoms with E-state index in [0.717, 1.165) is 6.54 Å². The maximum absolute atomic E-state index is 11.1. The Bertz CT molecular complexity index is 335. The highest BCUT2D eigenvalue weighted by atomic mass is 16.4. The molecule has 0 saturated carbocycles. The monoisotopic (exact) mass is 273 g/mol. The Hall–Kier alpha value is -1.18. The molecule has 1 amide bonds. The van der Waals surface area contributed by atoms with Crippen molar-refractivity contribution >= 4 is 11.9 Å². The normalized spacial score (nSPS) is 25.5. The zero-order valence-corrected chi connectivity index (χ0v) is 11.7. The predicted octanol–water partition coefficient (Wildman–Crippen LogP) is -1.43. The first-order valence-corrected chi connectivity index (χ1v) is 6.36. The third-order valence-electron chi connectivity index (χ3n) is 3.17. The molecule has 0 aromatic heterocycles. The van der Waals surface area contributed by atoms with Crippen LogP contribution in [0.2, 0.25) is 0 Å². The van der Waals surface area contributed by atoms with Crippen LogP contribution in [0.1, 0.15) is 13.3 Å². The van der Waals surface area contributed by atoms with Gasteiger partial charge >= 0.3 is 5.97 Å². The fraction of sp³-hybridized carbons (Fsp3) is 0.833. The van der Waals surface area contributed by atoms with E-state index in [-0.39, 0.29) is 18.5 Å². The summed E-state index contributed by atoms with van der Waals surface area (Å²) >= 11 is 0. The average molecular weight is 273 g/mol. The first-order chi connectivity index (χ1) is 8.79. The molecular weight excluding hydrogens is 250 g/mol. The number of carbonyl (C=O) groups excluding carboxylic acids is 1. The molecule has 0 aromatic rings. The second kappa shape index (κ2) is 6.83. The van der Waals surface area contributed by atoms with E-state index < -0.39 is 18.1 Å². The molecule has 1 saturated heterocycles. The smallest absolute Gasteiger partial charge is 0.327 e.